The van der Waals surface area contributed by atoms with Gasteiger partial charge in [0.25, 0.3) is 0 Å². The molecule has 79 heavy (non-hydrogen) atoms. The number of H-pyrrole nitrogens is 1. The van der Waals surface area contributed by atoms with Crippen LogP contribution in [0.5, 0.6) is 0 Å². The van der Waals surface area contributed by atoms with Crippen molar-refractivity contribution < 1.29 is 47.9 Å². The number of nitrogens with zero attached hydrogens (tertiary/aromatic N) is 4. The minimum Gasteiger partial charge on any atom is -0.379 e. The molecule has 6 rings (SSSR count). The van der Waals surface area contributed by atoms with Crippen molar-refractivity contribution in [3.05, 3.63) is 89.0 Å². The number of fused-ring (bicyclic) bond motifs is 2. The molecule has 4 heterocycles. The standard InChI is InChI=1S/C53H76N16O10/c1-2-3-11-38(67-53(57)78)46(72)66-42-27-44(70)59-18-7-6-12-37(45(54)71)62-50(76)43-25-34-9-4-5-10-35(34)30-69(43)51(77)39(13-8-19-60-52(55)56)63-47(73)40(64-48(74)41(65-49(42)75)26-36-28-58-31-61-36)24-32-14-16-33(17-15-32)29-68-20-22-79-23-21-68/h4-5,9-10,14-17,28,31,37-43H,2-3,6-8,11-13,18-27,29-30H2,1H3,(H2,54,71)(H,58,61)(H,59,70)(H,62,76)(H,63,73)(H,64,74)(H,65,75)(H,66,72)(H4,55,56,60)(H3,57,67,78)/t37-,38-,39-,40+,41-,42-,43-/m0/s1. The second kappa shape index (κ2) is 30.1. The smallest absolute Gasteiger partial charge is 0.312 e. The van der Waals surface area contributed by atoms with Crippen LogP contribution in [-0.2, 0) is 75.4 Å². The lowest BCUT2D eigenvalue weighted by Gasteiger charge is -2.38. The van der Waals surface area contributed by atoms with E-state index in [0.717, 1.165) is 29.8 Å². The van der Waals surface area contributed by atoms with Crippen LogP contribution in [-0.4, -0.2) is 161 Å². The van der Waals surface area contributed by atoms with Gasteiger partial charge in [0.2, 0.25) is 47.3 Å². The maximum atomic E-state index is 15.2. The highest BCUT2D eigenvalue weighted by Crippen LogP contribution is 2.26. The highest BCUT2D eigenvalue weighted by Gasteiger charge is 2.40. The number of carbonyl (C=O) groups is 9. The summed E-state index contributed by atoms with van der Waals surface area (Å²) < 4.78 is 5.51. The zero-order chi connectivity index (χ0) is 56.8. The van der Waals surface area contributed by atoms with E-state index >= 15 is 9.59 Å². The molecule has 10 amide bonds. The van der Waals surface area contributed by atoms with E-state index < -0.39 is 102 Å². The van der Waals surface area contributed by atoms with E-state index in [0.29, 0.717) is 43.9 Å². The Bertz CT molecular complexity index is 2610. The molecule has 0 unspecified atom stereocenters. The molecule has 428 valence electrons. The van der Waals surface area contributed by atoms with Gasteiger partial charge < -0.3 is 74.8 Å². The van der Waals surface area contributed by atoms with Gasteiger partial charge in [-0.3, -0.25) is 48.2 Å². The number of hydrogen-bond acceptors (Lipinski definition) is 13. The first-order valence-corrected chi connectivity index (χ1v) is 26.9. The van der Waals surface area contributed by atoms with Crippen LogP contribution in [0.2, 0.25) is 0 Å². The van der Waals surface area contributed by atoms with Crippen molar-refractivity contribution in [2.45, 2.75) is 139 Å². The number of nitrogens with two attached hydrogens (primary N) is 4. The topological polar surface area (TPSA) is 399 Å². The van der Waals surface area contributed by atoms with Crippen LogP contribution in [0.25, 0.3) is 0 Å². The Labute approximate surface area is 458 Å². The van der Waals surface area contributed by atoms with Crippen molar-refractivity contribution in [1.82, 2.24) is 57.0 Å². The van der Waals surface area contributed by atoms with Gasteiger partial charge in [-0.15, -0.1) is 0 Å². The fourth-order valence-electron chi connectivity index (χ4n) is 9.68. The van der Waals surface area contributed by atoms with Gasteiger partial charge in [0.05, 0.1) is 26.0 Å². The number of aliphatic imine (C=N–C) groups is 1. The summed E-state index contributed by atoms with van der Waals surface area (Å²) >= 11 is 0. The Morgan fingerprint density at radius 1 is 0.797 bits per heavy atom. The number of nitrogens with one attached hydrogen (secondary N) is 8. The summed E-state index contributed by atoms with van der Waals surface area (Å²) in [6.45, 7) is 5.34. The van der Waals surface area contributed by atoms with Gasteiger partial charge in [-0.2, -0.15) is 0 Å². The van der Waals surface area contributed by atoms with Crippen LogP contribution in [0, 0.1) is 0 Å². The molecule has 1 aromatic heterocycles. The van der Waals surface area contributed by atoms with Crippen molar-refractivity contribution in [2.75, 3.05) is 39.4 Å². The molecular weight excluding hydrogens is 1020 g/mol. The predicted octanol–water partition coefficient (Wildman–Crippen LogP) is -2.14. The first kappa shape index (κ1) is 60.1. The van der Waals surface area contributed by atoms with E-state index in [1.54, 1.807) is 6.07 Å². The minimum atomic E-state index is -1.62. The lowest BCUT2D eigenvalue weighted by atomic mass is 9.92. The minimum absolute atomic E-state index is 0.0265. The Hall–Kier alpha value is -8.13. The van der Waals surface area contributed by atoms with E-state index in [-0.39, 0.29) is 83.4 Å². The number of rotatable bonds is 17. The van der Waals surface area contributed by atoms with Crippen molar-refractivity contribution >= 4 is 59.2 Å². The maximum absolute atomic E-state index is 15.2. The van der Waals surface area contributed by atoms with Gasteiger partial charge in [0.1, 0.15) is 42.3 Å². The summed E-state index contributed by atoms with van der Waals surface area (Å²) in [5.74, 6) is -6.45. The molecule has 0 bridgehead atoms. The van der Waals surface area contributed by atoms with Crippen LogP contribution < -0.4 is 60.2 Å². The highest BCUT2D eigenvalue weighted by atomic mass is 16.5. The fraction of sp³-hybridized carbons (Fsp3) is 0.528. The molecule has 2 aromatic carbocycles. The van der Waals surface area contributed by atoms with Crippen LogP contribution in [0.3, 0.4) is 0 Å². The third-order valence-electron chi connectivity index (χ3n) is 14.0. The van der Waals surface area contributed by atoms with Gasteiger partial charge in [-0.05, 0) is 60.8 Å². The van der Waals surface area contributed by atoms with Crippen molar-refractivity contribution in [2.24, 2.45) is 27.9 Å². The van der Waals surface area contributed by atoms with E-state index in [2.05, 4.69) is 57.1 Å². The molecule has 0 spiro atoms. The maximum Gasteiger partial charge on any atom is 0.312 e. The number of primary amides is 2. The third kappa shape index (κ3) is 18.8. The summed E-state index contributed by atoms with van der Waals surface area (Å²) in [6, 6.07) is 4.40. The van der Waals surface area contributed by atoms with E-state index in [9.17, 15) is 33.6 Å². The zero-order valence-electron chi connectivity index (χ0n) is 44.6. The zero-order valence-corrected chi connectivity index (χ0v) is 44.6. The normalized spacial score (nSPS) is 22.7. The molecule has 3 aliphatic rings. The number of unbranched alkanes of at least 4 members (excludes halogenated alkanes) is 1. The molecule has 2 saturated heterocycles. The lowest BCUT2D eigenvalue weighted by Crippen LogP contribution is -2.62. The van der Waals surface area contributed by atoms with Gasteiger partial charge >= 0.3 is 6.03 Å². The molecule has 0 saturated carbocycles. The number of ether oxygens (including phenoxy) is 1. The summed E-state index contributed by atoms with van der Waals surface area (Å²) in [5, 5.41) is 18.8. The molecule has 3 aliphatic heterocycles. The summed E-state index contributed by atoms with van der Waals surface area (Å²) in [7, 11) is 0. The van der Waals surface area contributed by atoms with E-state index in [1.165, 1.54) is 17.4 Å². The highest BCUT2D eigenvalue weighted by molar-refractivity contribution is 5.99. The monoisotopic (exact) mass is 1100 g/mol. The number of morpholine rings is 1. The molecule has 16 N–H and O–H groups in total. The van der Waals surface area contributed by atoms with Gasteiger partial charge in [-0.25, -0.2) is 9.78 Å². The molecule has 3 aromatic rings. The average Bonchev–Trinajstić information content (AvgIpc) is 4.00. The first-order chi connectivity index (χ1) is 38.0. The van der Waals surface area contributed by atoms with Crippen LogP contribution in [0.15, 0.2) is 66.0 Å². The molecule has 7 atom stereocenters. The Kier molecular flexibility index (Phi) is 22.9. The predicted molar refractivity (Wildman–Crippen MR) is 289 cm³/mol. The summed E-state index contributed by atoms with van der Waals surface area (Å²) in [6.07, 6.45) is 3.98. The lowest BCUT2D eigenvalue weighted by molar-refractivity contribution is -0.145. The Morgan fingerprint density at radius 2 is 1.48 bits per heavy atom. The number of benzene rings is 2. The summed E-state index contributed by atoms with van der Waals surface area (Å²) in [5.41, 5.74) is 26.1. The molecule has 2 fully saturated rings. The van der Waals surface area contributed by atoms with Crippen molar-refractivity contribution in [3.63, 3.8) is 0 Å². The number of imidazole rings is 1. The van der Waals surface area contributed by atoms with Gasteiger partial charge in [0.15, 0.2) is 5.96 Å². The van der Waals surface area contributed by atoms with E-state index in [1.807, 2.05) is 49.4 Å². The second-order valence-electron chi connectivity index (χ2n) is 20.1. The first-order valence-electron chi connectivity index (χ1n) is 26.9. The average molecular weight is 1100 g/mol. The van der Waals surface area contributed by atoms with Crippen LogP contribution in [0.1, 0.15) is 92.7 Å². The molecule has 26 heteroatoms. The van der Waals surface area contributed by atoms with Gasteiger partial charge in [0, 0.05) is 70.4 Å². The van der Waals surface area contributed by atoms with Crippen LogP contribution >= 0.6 is 0 Å². The Morgan fingerprint density at radius 3 is 2.15 bits per heavy atom. The number of urea groups is 1. The summed E-state index contributed by atoms with van der Waals surface area (Å²) in [4.78, 5) is 141. The van der Waals surface area contributed by atoms with E-state index in [4.69, 9.17) is 27.7 Å². The molecular formula is C53H76N16O10. The molecule has 0 radical (unpaired) electrons. The second-order valence-corrected chi connectivity index (χ2v) is 20.1. The number of aromatic nitrogens is 2. The number of carbonyl (C=O) groups excluding carboxylic acids is 9. The van der Waals surface area contributed by atoms with Crippen molar-refractivity contribution in [1.29, 1.82) is 0 Å². The van der Waals surface area contributed by atoms with Crippen LogP contribution in [0.4, 0.5) is 4.79 Å². The molecule has 0 aliphatic carbocycles. The fourth-order valence-corrected chi connectivity index (χ4v) is 9.68. The van der Waals surface area contributed by atoms with Gasteiger partial charge in [-0.1, -0.05) is 68.3 Å². The van der Waals surface area contributed by atoms with Crippen molar-refractivity contribution in [3.8, 4) is 0 Å². The number of hydrogen-bond donors (Lipinski definition) is 12. The SMILES string of the molecule is CCCC[C@H](NC(N)=O)C(=O)N[C@H]1CC(=O)NCCCC[C@@H](C(N)=O)NC(=O)[C@@H]2Cc3ccccc3CN2C(=O)[C@H](CCCN=C(N)N)NC(=O)[C@@H](Cc2ccc(CN3CCOCC3)cc2)NC(=O)[C@H](Cc2cnc[nH]2)NC1=O. The quantitative estimate of drug-likeness (QED) is 0.0390. The largest absolute Gasteiger partial charge is 0.379 e. The third-order valence-corrected chi connectivity index (χ3v) is 14.0. The number of amides is 10. The number of aromatic amines is 1. The molecule has 26 nitrogen and oxygen atoms in total. The Balaban J connectivity index is 1.40. The number of guanidine groups is 1.